The van der Waals surface area contributed by atoms with Crippen LogP contribution in [0, 0.1) is 0 Å². The monoisotopic (exact) mass is 375 g/mol. The van der Waals surface area contributed by atoms with E-state index in [4.69, 9.17) is 15.6 Å². The molecule has 2 aromatic rings. The molecular formula is C19H21NO7. The van der Waals surface area contributed by atoms with Gasteiger partial charge in [-0.1, -0.05) is 36.4 Å². The third-order valence-electron chi connectivity index (χ3n) is 3.90. The molecule has 8 heteroatoms. The molecule has 0 heterocycles. The first-order valence-corrected chi connectivity index (χ1v) is 8.20. The Morgan fingerprint density at radius 2 is 1.63 bits per heavy atom. The van der Waals surface area contributed by atoms with E-state index in [1.807, 2.05) is 6.07 Å². The molecule has 0 aliphatic heterocycles. The van der Waals surface area contributed by atoms with Gasteiger partial charge in [-0.15, -0.1) is 0 Å². The summed E-state index contributed by atoms with van der Waals surface area (Å²) < 4.78 is 9.84. The fourth-order valence-corrected chi connectivity index (χ4v) is 2.46. The van der Waals surface area contributed by atoms with Crippen LogP contribution in [0.2, 0.25) is 0 Å². The third-order valence-corrected chi connectivity index (χ3v) is 3.90. The molecule has 0 unspecified atom stereocenters. The van der Waals surface area contributed by atoms with Crippen LogP contribution in [-0.2, 0) is 20.7 Å². The quantitative estimate of drug-likeness (QED) is 0.406. The molecule has 0 fully saturated rings. The predicted molar refractivity (Wildman–Crippen MR) is 95.6 cm³/mol. The maximum absolute atomic E-state index is 12.2. The zero-order valence-electron chi connectivity index (χ0n) is 14.4. The lowest BCUT2D eigenvalue weighted by atomic mass is 10.0. The molecule has 27 heavy (non-hydrogen) atoms. The van der Waals surface area contributed by atoms with Crippen LogP contribution in [0.3, 0.4) is 0 Å². The van der Waals surface area contributed by atoms with Gasteiger partial charge in [0.05, 0.1) is 5.92 Å². The lowest BCUT2D eigenvalue weighted by Gasteiger charge is -2.18. The van der Waals surface area contributed by atoms with E-state index in [0.717, 1.165) is 5.56 Å². The number of hydrogen-bond acceptors (Lipinski definition) is 7. The summed E-state index contributed by atoms with van der Waals surface area (Å²) in [5.74, 6) is -1.70. The Labute approximate surface area is 155 Å². The lowest BCUT2D eigenvalue weighted by Crippen LogP contribution is -2.35. The van der Waals surface area contributed by atoms with Crippen LogP contribution in [0.1, 0.15) is 17.0 Å². The van der Waals surface area contributed by atoms with Gasteiger partial charge in [-0.05, 0) is 29.7 Å². The summed E-state index contributed by atoms with van der Waals surface area (Å²) in [6, 6.07) is 12.1. The van der Waals surface area contributed by atoms with Crippen molar-refractivity contribution in [3.05, 3.63) is 59.7 Å². The summed E-state index contributed by atoms with van der Waals surface area (Å²) in [7, 11) is 0. The highest BCUT2D eigenvalue weighted by Crippen LogP contribution is 2.25. The van der Waals surface area contributed by atoms with Crippen molar-refractivity contribution in [2.75, 3.05) is 13.2 Å². The Bertz CT molecular complexity index is 779. The fourth-order valence-electron chi connectivity index (χ4n) is 2.46. The molecule has 0 saturated carbocycles. The number of carbonyl (C=O) groups is 2. The first-order valence-electron chi connectivity index (χ1n) is 8.20. The second-order valence-corrected chi connectivity index (χ2v) is 5.95. The Morgan fingerprint density at radius 3 is 2.26 bits per heavy atom. The molecule has 144 valence electrons. The van der Waals surface area contributed by atoms with E-state index in [-0.39, 0.29) is 31.1 Å². The first kappa shape index (κ1) is 20.1. The smallest absolute Gasteiger partial charge is 0.504 e. The van der Waals surface area contributed by atoms with Crippen molar-refractivity contribution in [3.63, 3.8) is 0 Å². The molecule has 5 N–H and O–H groups in total. The van der Waals surface area contributed by atoms with Gasteiger partial charge >= 0.3 is 12.1 Å². The van der Waals surface area contributed by atoms with Crippen molar-refractivity contribution in [2.45, 2.75) is 18.4 Å². The van der Waals surface area contributed by atoms with Crippen molar-refractivity contribution in [1.82, 2.24) is 0 Å². The highest BCUT2D eigenvalue weighted by molar-refractivity contribution is 5.76. The highest BCUT2D eigenvalue weighted by Gasteiger charge is 2.21. The van der Waals surface area contributed by atoms with Crippen LogP contribution < -0.4 is 5.73 Å². The summed E-state index contributed by atoms with van der Waals surface area (Å²) in [4.78, 5) is 22.8. The van der Waals surface area contributed by atoms with E-state index in [0.29, 0.717) is 5.56 Å². The Morgan fingerprint density at radius 1 is 0.963 bits per heavy atom. The summed E-state index contributed by atoms with van der Waals surface area (Å²) in [6.07, 6.45) is -1.31. The number of hydrogen-bond donors (Lipinski definition) is 4. The van der Waals surface area contributed by atoms with Crippen molar-refractivity contribution in [3.8, 4) is 11.5 Å². The molecule has 0 radical (unpaired) electrons. The molecule has 2 rings (SSSR count). The SMILES string of the molecule is N[C@@H](Cc1ccc(O)c(O)c1)C(=O)OC[C@H](COC(=O)O)c1ccccc1. The summed E-state index contributed by atoms with van der Waals surface area (Å²) in [5.41, 5.74) is 7.17. The van der Waals surface area contributed by atoms with Gasteiger partial charge in [0.15, 0.2) is 11.5 Å². The molecule has 0 aromatic heterocycles. The number of phenolic OH excluding ortho intramolecular Hbond substituents is 2. The number of aromatic hydroxyl groups is 2. The van der Waals surface area contributed by atoms with E-state index in [9.17, 15) is 19.8 Å². The molecule has 2 atom stereocenters. The van der Waals surface area contributed by atoms with E-state index >= 15 is 0 Å². The van der Waals surface area contributed by atoms with E-state index in [2.05, 4.69) is 4.74 Å². The van der Waals surface area contributed by atoms with Gasteiger partial charge in [-0.3, -0.25) is 4.79 Å². The number of ether oxygens (including phenoxy) is 2. The van der Waals surface area contributed by atoms with E-state index < -0.39 is 24.1 Å². The van der Waals surface area contributed by atoms with Gasteiger partial charge in [0.2, 0.25) is 0 Å². The molecule has 0 bridgehead atoms. The first-order chi connectivity index (χ1) is 12.9. The number of esters is 1. The number of rotatable bonds is 8. The van der Waals surface area contributed by atoms with Crippen molar-refractivity contribution in [1.29, 1.82) is 0 Å². The minimum Gasteiger partial charge on any atom is -0.504 e. The molecule has 0 aliphatic rings. The molecule has 8 nitrogen and oxygen atoms in total. The summed E-state index contributed by atoms with van der Waals surface area (Å²) >= 11 is 0. The van der Waals surface area contributed by atoms with Gasteiger partial charge in [0.25, 0.3) is 0 Å². The van der Waals surface area contributed by atoms with Crippen LogP contribution >= 0.6 is 0 Å². The third kappa shape index (κ3) is 6.19. The molecule has 2 aromatic carbocycles. The minimum atomic E-state index is -1.41. The zero-order valence-corrected chi connectivity index (χ0v) is 14.4. The zero-order chi connectivity index (χ0) is 19.8. The maximum atomic E-state index is 12.2. The molecular weight excluding hydrogens is 354 g/mol. The normalized spacial score (nSPS) is 12.8. The van der Waals surface area contributed by atoms with Crippen molar-refractivity contribution < 1.29 is 34.4 Å². The number of carboxylic acid groups (broad SMARTS) is 1. The van der Waals surface area contributed by atoms with E-state index in [1.54, 1.807) is 24.3 Å². The van der Waals surface area contributed by atoms with Crippen molar-refractivity contribution in [2.24, 2.45) is 5.73 Å². The van der Waals surface area contributed by atoms with Crippen molar-refractivity contribution >= 4 is 12.1 Å². The van der Waals surface area contributed by atoms with Gasteiger partial charge in [-0.2, -0.15) is 0 Å². The van der Waals surface area contributed by atoms with Crippen LogP contribution in [0.15, 0.2) is 48.5 Å². The lowest BCUT2D eigenvalue weighted by molar-refractivity contribution is -0.146. The van der Waals surface area contributed by atoms with Gasteiger partial charge < -0.3 is 30.5 Å². The van der Waals surface area contributed by atoms with E-state index in [1.165, 1.54) is 18.2 Å². The number of nitrogens with two attached hydrogens (primary N) is 1. The average molecular weight is 375 g/mol. The largest absolute Gasteiger partial charge is 0.505 e. The van der Waals surface area contributed by atoms with Crippen LogP contribution in [0.5, 0.6) is 11.5 Å². The second kappa shape index (κ2) is 9.44. The molecule has 0 amide bonds. The minimum absolute atomic E-state index is 0.0926. The maximum Gasteiger partial charge on any atom is 0.505 e. The van der Waals surface area contributed by atoms with Gasteiger partial charge in [-0.25, -0.2) is 4.79 Å². The fraction of sp³-hybridized carbons (Fsp3) is 0.263. The van der Waals surface area contributed by atoms with Crippen LogP contribution in [0.25, 0.3) is 0 Å². The number of carbonyl (C=O) groups excluding carboxylic acids is 1. The Hall–Kier alpha value is -3.26. The van der Waals surface area contributed by atoms with Crippen LogP contribution in [0.4, 0.5) is 4.79 Å². The molecule has 0 saturated heterocycles. The predicted octanol–water partition coefficient (Wildman–Crippen LogP) is 1.99. The standard InChI is InChI=1S/C19H21NO7/c20-15(8-12-6-7-16(21)17(22)9-12)18(23)26-10-14(11-27-19(24)25)13-4-2-1-3-5-13/h1-7,9,14-15,21-22H,8,10-11,20H2,(H,24,25)/t14-,15+/m1/s1. The second-order valence-electron chi connectivity index (χ2n) is 5.95. The molecule has 0 spiro atoms. The van der Waals surface area contributed by atoms with Gasteiger partial charge in [0, 0.05) is 0 Å². The molecule has 0 aliphatic carbocycles. The van der Waals surface area contributed by atoms with Crippen LogP contribution in [-0.4, -0.2) is 46.7 Å². The summed E-state index contributed by atoms with van der Waals surface area (Å²) in [6.45, 7) is -0.252. The summed E-state index contributed by atoms with van der Waals surface area (Å²) in [5, 5.41) is 27.5. The topological polar surface area (TPSA) is 139 Å². The van der Waals surface area contributed by atoms with Gasteiger partial charge in [0.1, 0.15) is 19.3 Å². The Balaban J connectivity index is 1.95. The number of phenols is 2. The number of benzene rings is 2. The highest BCUT2D eigenvalue weighted by atomic mass is 16.7. The average Bonchev–Trinajstić information content (AvgIpc) is 2.65. The Kier molecular flexibility index (Phi) is 7.01.